The second kappa shape index (κ2) is 5.15. The van der Waals surface area contributed by atoms with Crippen molar-refractivity contribution in [1.82, 2.24) is 0 Å². The maximum absolute atomic E-state index is 11.1. The number of allylic oxidation sites excluding steroid dienone is 4. The molecule has 0 aromatic heterocycles. The maximum atomic E-state index is 11.1. The molecule has 0 amide bonds. The summed E-state index contributed by atoms with van der Waals surface area (Å²) in [5.74, 6) is 5.88. The average molecular weight is 312 g/mol. The molecule has 6 atom stereocenters. The molecule has 124 valence electrons. The fourth-order valence-electron chi connectivity index (χ4n) is 6.72. The van der Waals surface area contributed by atoms with Crippen LogP contribution in [-0.2, 0) is 0 Å². The van der Waals surface area contributed by atoms with Crippen LogP contribution in [0.15, 0.2) is 23.5 Å². The summed E-state index contributed by atoms with van der Waals surface area (Å²) in [5, 5.41) is 20.9. The van der Waals surface area contributed by atoms with E-state index in [0.717, 1.165) is 44.9 Å². The van der Waals surface area contributed by atoms with Gasteiger partial charge in [0.15, 0.2) is 0 Å². The van der Waals surface area contributed by atoms with Crippen molar-refractivity contribution in [2.24, 2.45) is 29.1 Å². The first-order valence-corrected chi connectivity index (χ1v) is 9.34. The highest BCUT2D eigenvalue weighted by molar-refractivity contribution is 5.32. The number of rotatable bonds is 1. The third-order valence-corrected chi connectivity index (χ3v) is 7.83. The Labute approximate surface area is 139 Å². The molecule has 0 aromatic carbocycles. The van der Waals surface area contributed by atoms with Crippen LogP contribution in [0.25, 0.3) is 0 Å². The molecular weight excluding hydrogens is 284 g/mol. The summed E-state index contributed by atoms with van der Waals surface area (Å²) in [6.45, 7) is 2.21. The van der Waals surface area contributed by atoms with Crippen LogP contribution in [0, 0.1) is 41.4 Å². The van der Waals surface area contributed by atoms with E-state index < -0.39 is 5.60 Å². The Kier molecular flexibility index (Phi) is 3.43. The monoisotopic (exact) mass is 312 g/mol. The highest BCUT2D eigenvalue weighted by atomic mass is 16.3. The van der Waals surface area contributed by atoms with Crippen LogP contribution in [0.4, 0.5) is 0 Å². The van der Waals surface area contributed by atoms with Gasteiger partial charge < -0.3 is 10.2 Å². The van der Waals surface area contributed by atoms with Gasteiger partial charge in [0, 0.05) is 11.8 Å². The molecule has 0 heterocycles. The van der Waals surface area contributed by atoms with Gasteiger partial charge in [0.1, 0.15) is 5.60 Å². The minimum absolute atomic E-state index is 0.0685. The van der Waals surface area contributed by atoms with E-state index in [0.29, 0.717) is 29.4 Å². The molecule has 0 bridgehead atoms. The third kappa shape index (κ3) is 1.92. The molecule has 0 aliphatic heterocycles. The van der Waals surface area contributed by atoms with E-state index in [4.69, 9.17) is 6.42 Å². The molecule has 0 aromatic rings. The van der Waals surface area contributed by atoms with E-state index in [1.807, 2.05) is 6.08 Å². The van der Waals surface area contributed by atoms with E-state index in [1.165, 1.54) is 12.0 Å². The zero-order valence-electron chi connectivity index (χ0n) is 14.1. The molecule has 2 fully saturated rings. The molecule has 4 aliphatic rings. The normalized spacial score (nSPS) is 48.4. The molecule has 2 saturated carbocycles. The first-order chi connectivity index (χ1) is 11.0. The number of hydrogen-bond acceptors (Lipinski definition) is 2. The van der Waals surface area contributed by atoms with Gasteiger partial charge in [0.05, 0.1) is 5.76 Å². The Morgan fingerprint density at radius 3 is 2.83 bits per heavy atom. The van der Waals surface area contributed by atoms with Crippen molar-refractivity contribution in [3.05, 3.63) is 23.5 Å². The summed E-state index contributed by atoms with van der Waals surface area (Å²) in [4.78, 5) is 0. The standard InChI is InChI=1S/C21H28O2/c1-3-20-11-9-17-16-8-6-15(22)13-14(16)5-7-18(17)19(20)10-12-21(20,23)4-2/h2,5,13,16-19,22-23H,3,6-12H2,1H3/t16-,17+,18+,19-,20-,21-/m0/s1. The van der Waals surface area contributed by atoms with Crippen molar-refractivity contribution in [1.29, 1.82) is 0 Å². The molecule has 2 nitrogen and oxygen atoms in total. The Hall–Kier alpha value is -1.20. The topological polar surface area (TPSA) is 40.5 Å². The molecule has 4 aliphatic carbocycles. The summed E-state index contributed by atoms with van der Waals surface area (Å²) in [6, 6.07) is 0. The SMILES string of the molecule is C#C[C@]1(O)CC[C@H]2[C@@H]3CC=C4C=C(O)CC[C@@H]4[C@H]3CC[C@@]21CC. The van der Waals surface area contributed by atoms with E-state index >= 15 is 0 Å². The summed E-state index contributed by atoms with van der Waals surface area (Å²) in [7, 11) is 0. The quantitative estimate of drug-likeness (QED) is 0.706. The number of hydrogen-bond donors (Lipinski definition) is 2. The predicted octanol–water partition coefficient (Wildman–Crippen LogP) is 4.37. The van der Waals surface area contributed by atoms with Gasteiger partial charge >= 0.3 is 0 Å². The minimum atomic E-state index is -0.897. The smallest absolute Gasteiger partial charge is 0.131 e. The molecule has 2 heteroatoms. The third-order valence-electron chi connectivity index (χ3n) is 7.83. The molecule has 0 saturated heterocycles. The first kappa shape index (κ1) is 15.3. The van der Waals surface area contributed by atoms with Gasteiger partial charge in [-0.05, 0) is 80.3 Å². The fourth-order valence-corrected chi connectivity index (χ4v) is 6.72. The summed E-state index contributed by atoms with van der Waals surface area (Å²) in [5.41, 5.74) is 0.400. The van der Waals surface area contributed by atoms with E-state index in [1.54, 1.807) is 0 Å². The van der Waals surface area contributed by atoms with E-state index in [2.05, 4.69) is 18.9 Å². The van der Waals surface area contributed by atoms with Crippen LogP contribution >= 0.6 is 0 Å². The van der Waals surface area contributed by atoms with Gasteiger partial charge in [0.2, 0.25) is 0 Å². The molecule has 23 heavy (non-hydrogen) atoms. The van der Waals surface area contributed by atoms with E-state index in [9.17, 15) is 10.2 Å². The first-order valence-electron chi connectivity index (χ1n) is 9.34. The Morgan fingerprint density at radius 1 is 1.26 bits per heavy atom. The molecule has 4 rings (SSSR count). The highest BCUT2D eigenvalue weighted by Crippen LogP contribution is 2.65. The van der Waals surface area contributed by atoms with Gasteiger partial charge in [-0.15, -0.1) is 6.42 Å². The number of aliphatic hydroxyl groups excluding tert-OH is 1. The zero-order chi connectivity index (χ0) is 16.2. The van der Waals surface area contributed by atoms with Crippen LogP contribution in [-0.4, -0.2) is 15.8 Å². The number of fused-ring (bicyclic) bond motifs is 5. The summed E-state index contributed by atoms with van der Waals surface area (Å²) in [6.07, 6.45) is 18.2. The predicted molar refractivity (Wildman–Crippen MR) is 91.6 cm³/mol. The van der Waals surface area contributed by atoms with Gasteiger partial charge in [0.25, 0.3) is 0 Å². The summed E-state index contributed by atoms with van der Waals surface area (Å²) >= 11 is 0. The molecule has 2 N–H and O–H groups in total. The van der Waals surface area contributed by atoms with Crippen molar-refractivity contribution < 1.29 is 10.2 Å². The molecule has 0 unspecified atom stereocenters. The second-order valence-electron chi connectivity index (χ2n) is 8.25. The molecule has 0 radical (unpaired) electrons. The van der Waals surface area contributed by atoms with Gasteiger partial charge in [-0.3, -0.25) is 0 Å². The van der Waals surface area contributed by atoms with Crippen LogP contribution in [0.2, 0.25) is 0 Å². The van der Waals surface area contributed by atoms with Crippen molar-refractivity contribution in [2.45, 2.75) is 63.9 Å². The Balaban J connectivity index is 1.70. The Morgan fingerprint density at radius 2 is 2.09 bits per heavy atom. The van der Waals surface area contributed by atoms with Crippen LogP contribution < -0.4 is 0 Å². The van der Waals surface area contributed by atoms with Gasteiger partial charge in [-0.25, -0.2) is 0 Å². The lowest BCUT2D eigenvalue weighted by atomic mass is 9.50. The zero-order valence-corrected chi connectivity index (χ0v) is 14.1. The van der Waals surface area contributed by atoms with Crippen molar-refractivity contribution in [2.75, 3.05) is 0 Å². The Bertz CT molecular complexity index is 610. The molecular formula is C21H28O2. The van der Waals surface area contributed by atoms with Crippen LogP contribution in [0.1, 0.15) is 58.3 Å². The van der Waals surface area contributed by atoms with E-state index in [-0.39, 0.29) is 5.41 Å². The highest BCUT2D eigenvalue weighted by Gasteiger charge is 2.63. The minimum Gasteiger partial charge on any atom is -0.512 e. The van der Waals surface area contributed by atoms with Crippen LogP contribution in [0.5, 0.6) is 0 Å². The maximum Gasteiger partial charge on any atom is 0.131 e. The lowest BCUT2D eigenvalue weighted by molar-refractivity contribution is -0.0944. The lowest BCUT2D eigenvalue weighted by Crippen LogP contribution is -2.53. The average Bonchev–Trinajstić information content (AvgIpc) is 2.88. The number of aliphatic hydroxyl groups is 2. The van der Waals surface area contributed by atoms with Gasteiger partial charge in [-0.1, -0.05) is 18.9 Å². The largest absolute Gasteiger partial charge is 0.512 e. The molecule has 0 spiro atoms. The number of terminal acetylenes is 1. The fraction of sp³-hybridized carbons (Fsp3) is 0.714. The van der Waals surface area contributed by atoms with Crippen molar-refractivity contribution in [3.63, 3.8) is 0 Å². The van der Waals surface area contributed by atoms with Crippen LogP contribution in [0.3, 0.4) is 0 Å². The van der Waals surface area contributed by atoms with Crippen molar-refractivity contribution in [3.8, 4) is 12.3 Å². The summed E-state index contributed by atoms with van der Waals surface area (Å²) < 4.78 is 0. The van der Waals surface area contributed by atoms with Crippen molar-refractivity contribution >= 4 is 0 Å². The lowest BCUT2D eigenvalue weighted by Gasteiger charge is -2.55. The van der Waals surface area contributed by atoms with Gasteiger partial charge in [-0.2, -0.15) is 0 Å². The second-order valence-corrected chi connectivity index (χ2v) is 8.25.